The van der Waals surface area contributed by atoms with E-state index < -0.39 is 6.10 Å². The first-order valence-corrected chi connectivity index (χ1v) is 9.24. The van der Waals surface area contributed by atoms with Gasteiger partial charge in [-0.25, -0.2) is 0 Å². The Morgan fingerprint density at radius 2 is 1.96 bits per heavy atom. The lowest BCUT2D eigenvalue weighted by Gasteiger charge is -2.32. The fraction of sp³-hybridized carbons (Fsp3) is 0.632. The van der Waals surface area contributed by atoms with Crippen molar-refractivity contribution in [1.82, 2.24) is 9.80 Å². The average molecular weight is 346 g/mol. The average Bonchev–Trinajstić information content (AvgIpc) is 3.29. The molecule has 136 valence electrons. The third-order valence-corrected chi connectivity index (χ3v) is 5.77. The standard InChI is InChI=1S/C19H26N2O4/c1-20(14-7-8-15(17(14)22)21-9-2-3-10-21)19(23)13-5-4-6-16-18(13)25-12-11-24-16/h4-6,14-15,17,22H,2-3,7-12H2,1H3/t14-,15-,17-/m1/s1. The predicted molar refractivity (Wildman–Crippen MR) is 93.1 cm³/mol. The third-order valence-electron chi connectivity index (χ3n) is 5.77. The van der Waals surface area contributed by atoms with E-state index in [1.165, 1.54) is 12.8 Å². The zero-order valence-electron chi connectivity index (χ0n) is 14.7. The van der Waals surface area contributed by atoms with Gasteiger partial charge in [0.2, 0.25) is 0 Å². The summed E-state index contributed by atoms with van der Waals surface area (Å²) in [7, 11) is 1.78. The van der Waals surface area contributed by atoms with Crippen LogP contribution in [0.4, 0.5) is 0 Å². The van der Waals surface area contributed by atoms with Crippen LogP contribution in [0.1, 0.15) is 36.0 Å². The molecule has 2 aliphatic heterocycles. The summed E-state index contributed by atoms with van der Waals surface area (Å²) in [5.74, 6) is 1.02. The van der Waals surface area contributed by atoms with Gasteiger partial charge in [-0.2, -0.15) is 0 Å². The minimum Gasteiger partial charge on any atom is -0.486 e. The van der Waals surface area contributed by atoms with Crippen LogP contribution in [-0.4, -0.2) is 72.4 Å². The van der Waals surface area contributed by atoms with Crippen molar-refractivity contribution in [3.63, 3.8) is 0 Å². The highest BCUT2D eigenvalue weighted by atomic mass is 16.6. The molecule has 0 spiro atoms. The van der Waals surface area contributed by atoms with Crippen LogP contribution in [-0.2, 0) is 0 Å². The van der Waals surface area contributed by atoms with Crippen LogP contribution in [0.3, 0.4) is 0 Å². The lowest BCUT2D eigenvalue weighted by atomic mass is 10.1. The molecule has 1 saturated heterocycles. The molecule has 2 fully saturated rings. The van der Waals surface area contributed by atoms with Gasteiger partial charge in [-0.3, -0.25) is 9.69 Å². The number of nitrogens with zero attached hydrogens (tertiary/aromatic N) is 2. The second kappa shape index (κ2) is 6.84. The Labute approximate surface area is 148 Å². The Morgan fingerprint density at radius 3 is 2.76 bits per heavy atom. The molecular weight excluding hydrogens is 320 g/mol. The van der Waals surface area contributed by atoms with Crippen LogP contribution in [0.15, 0.2) is 18.2 Å². The lowest BCUT2D eigenvalue weighted by molar-refractivity contribution is 0.0292. The molecule has 1 saturated carbocycles. The number of carbonyl (C=O) groups excluding carboxylic acids is 1. The number of amides is 1. The second-order valence-electron chi connectivity index (χ2n) is 7.19. The minimum atomic E-state index is -0.497. The van der Waals surface area contributed by atoms with Gasteiger partial charge in [0.05, 0.1) is 17.7 Å². The van der Waals surface area contributed by atoms with E-state index >= 15 is 0 Å². The van der Waals surface area contributed by atoms with Gasteiger partial charge in [-0.15, -0.1) is 0 Å². The zero-order chi connectivity index (χ0) is 17.4. The fourth-order valence-corrected chi connectivity index (χ4v) is 4.42. The van der Waals surface area contributed by atoms with Crippen molar-refractivity contribution in [2.75, 3.05) is 33.4 Å². The molecule has 3 aliphatic rings. The first-order chi connectivity index (χ1) is 12.2. The molecule has 1 N–H and O–H groups in total. The minimum absolute atomic E-state index is 0.117. The monoisotopic (exact) mass is 346 g/mol. The Kier molecular flexibility index (Phi) is 4.56. The highest BCUT2D eigenvalue weighted by molar-refractivity contribution is 5.98. The molecule has 3 atom stereocenters. The molecular formula is C19H26N2O4. The van der Waals surface area contributed by atoms with Crippen LogP contribution in [0.2, 0.25) is 0 Å². The summed E-state index contributed by atoms with van der Waals surface area (Å²) in [6, 6.07) is 5.42. The number of fused-ring (bicyclic) bond motifs is 1. The van der Waals surface area contributed by atoms with Gasteiger partial charge >= 0.3 is 0 Å². The fourth-order valence-electron chi connectivity index (χ4n) is 4.42. The largest absolute Gasteiger partial charge is 0.486 e. The van der Waals surface area contributed by atoms with E-state index in [9.17, 15) is 9.90 Å². The summed E-state index contributed by atoms with van der Waals surface area (Å²) < 4.78 is 11.2. The number of hydrogen-bond acceptors (Lipinski definition) is 5. The smallest absolute Gasteiger partial charge is 0.257 e. The summed E-state index contributed by atoms with van der Waals surface area (Å²) in [6.07, 6.45) is 3.68. The van der Waals surface area contributed by atoms with Crippen molar-refractivity contribution in [2.24, 2.45) is 0 Å². The second-order valence-corrected chi connectivity index (χ2v) is 7.19. The molecule has 2 heterocycles. The number of aliphatic hydroxyl groups is 1. The summed E-state index contributed by atoms with van der Waals surface area (Å²) in [5, 5.41) is 10.8. The molecule has 4 rings (SSSR count). The van der Waals surface area contributed by atoms with Gasteiger partial charge in [0.1, 0.15) is 13.2 Å². The maximum absolute atomic E-state index is 13.0. The van der Waals surface area contributed by atoms with Gasteiger partial charge in [-0.05, 0) is 50.9 Å². The van der Waals surface area contributed by atoms with Crippen molar-refractivity contribution in [1.29, 1.82) is 0 Å². The summed E-state index contributed by atoms with van der Waals surface area (Å²) in [4.78, 5) is 17.1. The van der Waals surface area contributed by atoms with E-state index in [-0.39, 0.29) is 18.0 Å². The molecule has 0 aromatic heterocycles. The summed E-state index contributed by atoms with van der Waals surface area (Å²) in [5.41, 5.74) is 0.511. The van der Waals surface area contributed by atoms with Gasteiger partial charge < -0.3 is 19.5 Å². The number of hydrogen-bond donors (Lipinski definition) is 1. The first-order valence-electron chi connectivity index (χ1n) is 9.24. The van der Waals surface area contributed by atoms with Crippen molar-refractivity contribution in [2.45, 2.75) is 43.9 Å². The summed E-state index contributed by atoms with van der Waals surface area (Å²) in [6.45, 7) is 3.07. The molecule has 1 aromatic rings. The number of benzene rings is 1. The molecule has 0 bridgehead atoms. The molecule has 6 heteroatoms. The van der Waals surface area contributed by atoms with E-state index in [4.69, 9.17) is 9.47 Å². The number of aliphatic hydroxyl groups excluding tert-OH is 1. The molecule has 0 unspecified atom stereocenters. The topological polar surface area (TPSA) is 62.2 Å². The van der Waals surface area contributed by atoms with Gasteiger partial charge in [0, 0.05) is 13.1 Å². The molecule has 0 radical (unpaired) electrons. The van der Waals surface area contributed by atoms with Gasteiger partial charge in [0.15, 0.2) is 11.5 Å². The van der Waals surface area contributed by atoms with Crippen molar-refractivity contribution in [3.8, 4) is 11.5 Å². The third kappa shape index (κ3) is 2.98. The molecule has 1 amide bonds. The highest BCUT2D eigenvalue weighted by Gasteiger charge is 2.42. The van der Waals surface area contributed by atoms with Gasteiger partial charge in [-0.1, -0.05) is 6.07 Å². The van der Waals surface area contributed by atoms with E-state index in [1.54, 1.807) is 18.0 Å². The Hall–Kier alpha value is -1.79. The van der Waals surface area contributed by atoms with Crippen molar-refractivity contribution >= 4 is 5.91 Å². The van der Waals surface area contributed by atoms with Gasteiger partial charge in [0.25, 0.3) is 5.91 Å². The normalized spacial score (nSPS) is 29.0. The number of para-hydroxylation sites is 1. The van der Waals surface area contributed by atoms with Crippen LogP contribution >= 0.6 is 0 Å². The van der Waals surface area contributed by atoms with E-state index in [0.717, 1.165) is 25.9 Å². The Balaban J connectivity index is 1.51. The van der Waals surface area contributed by atoms with E-state index in [2.05, 4.69) is 4.90 Å². The number of likely N-dealkylation sites (N-methyl/N-ethyl adjacent to an activating group) is 1. The zero-order valence-corrected chi connectivity index (χ0v) is 14.7. The Bertz CT molecular complexity index is 644. The number of rotatable bonds is 3. The van der Waals surface area contributed by atoms with Crippen LogP contribution in [0.25, 0.3) is 0 Å². The number of ether oxygens (including phenoxy) is 2. The van der Waals surface area contributed by atoms with Crippen molar-refractivity contribution in [3.05, 3.63) is 23.8 Å². The predicted octanol–water partition coefficient (Wildman–Crippen LogP) is 1.52. The Morgan fingerprint density at radius 1 is 1.20 bits per heavy atom. The van der Waals surface area contributed by atoms with Crippen molar-refractivity contribution < 1.29 is 19.4 Å². The van der Waals surface area contributed by atoms with E-state index in [0.29, 0.717) is 30.3 Å². The number of likely N-dealkylation sites (tertiary alicyclic amines) is 1. The molecule has 1 aliphatic carbocycles. The van der Waals surface area contributed by atoms with Crippen LogP contribution in [0, 0.1) is 0 Å². The maximum Gasteiger partial charge on any atom is 0.257 e. The van der Waals surface area contributed by atoms with Crippen LogP contribution in [0.5, 0.6) is 11.5 Å². The lowest BCUT2D eigenvalue weighted by Crippen LogP contribution is -2.48. The highest BCUT2D eigenvalue weighted by Crippen LogP contribution is 2.36. The molecule has 1 aromatic carbocycles. The molecule has 6 nitrogen and oxygen atoms in total. The number of carbonyl (C=O) groups is 1. The maximum atomic E-state index is 13.0. The first kappa shape index (κ1) is 16.7. The SMILES string of the molecule is CN(C(=O)c1cccc2c1OCCO2)[C@@H]1CC[C@@H](N2CCCC2)[C@@H]1O. The quantitative estimate of drug-likeness (QED) is 0.899. The molecule has 25 heavy (non-hydrogen) atoms. The summed E-state index contributed by atoms with van der Waals surface area (Å²) >= 11 is 0. The van der Waals surface area contributed by atoms with E-state index in [1.807, 2.05) is 12.1 Å². The van der Waals surface area contributed by atoms with Crippen LogP contribution < -0.4 is 9.47 Å².